The highest BCUT2D eigenvalue weighted by Gasteiger charge is 2.35. The van der Waals surface area contributed by atoms with Gasteiger partial charge in [0, 0.05) is 18.8 Å². The molecule has 0 spiro atoms. The maximum Gasteiger partial charge on any atom is 0.282 e. The van der Waals surface area contributed by atoms with E-state index in [1.54, 1.807) is 30.5 Å². The van der Waals surface area contributed by atoms with Crippen molar-refractivity contribution >= 4 is 23.7 Å². The van der Waals surface area contributed by atoms with Crippen molar-refractivity contribution in [2.24, 2.45) is 5.10 Å². The fourth-order valence-corrected chi connectivity index (χ4v) is 3.37. The number of hydrogen-bond donors (Lipinski definition) is 0. The van der Waals surface area contributed by atoms with Crippen molar-refractivity contribution in [2.75, 3.05) is 11.4 Å². The number of fused-ring (bicyclic) bond motifs is 1. The highest BCUT2D eigenvalue weighted by atomic mass is 16.2. The van der Waals surface area contributed by atoms with Crippen molar-refractivity contribution in [3.8, 4) is 0 Å². The molecule has 3 aromatic rings. The largest absolute Gasteiger partial charge is 0.367 e. The fraction of sp³-hybridized carbons (Fsp3) is 0.125. The van der Waals surface area contributed by atoms with Gasteiger partial charge in [-0.1, -0.05) is 54.6 Å². The molecular weight excluding hydrogens is 362 g/mol. The summed E-state index contributed by atoms with van der Waals surface area (Å²) in [5, 5.41) is 5.05. The lowest BCUT2D eigenvalue weighted by Crippen LogP contribution is -2.24. The average Bonchev–Trinajstić information content (AvgIpc) is 3.02. The van der Waals surface area contributed by atoms with E-state index in [2.05, 4.69) is 29.1 Å². The number of rotatable bonds is 6. The molecule has 2 amide bonds. The van der Waals surface area contributed by atoms with Crippen LogP contribution in [0.4, 0.5) is 5.69 Å². The molecule has 0 atom stereocenters. The maximum absolute atomic E-state index is 12.4. The zero-order valence-corrected chi connectivity index (χ0v) is 16.2. The van der Waals surface area contributed by atoms with Crippen LogP contribution >= 0.6 is 0 Å². The molecule has 1 aliphatic rings. The van der Waals surface area contributed by atoms with E-state index in [0.29, 0.717) is 11.1 Å². The molecule has 1 aliphatic heterocycles. The molecule has 29 heavy (non-hydrogen) atoms. The second kappa shape index (κ2) is 8.10. The van der Waals surface area contributed by atoms with E-state index in [9.17, 15) is 9.59 Å². The Labute approximate surface area is 169 Å². The summed E-state index contributed by atoms with van der Waals surface area (Å²) in [6, 6.07) is 25.0. The molecule has 0 aromatic heterocycles. The molecule has 144 valence electrons. The first-order valence-corrected chi connectivity index (χ1v) is 9.58. The highest BCUT2D eigenvalue weighted by molar-refractivity contribution is 6.21. The molecule has 5 nitrogen and oxygen atoms in total. The van der Waals surface area contributed by atoms with E-state index >= 15 is 0 Å². The smallest absolute Gasteiger partial charge is 0.282 e. The summed E-state index contributed by atoms with van der Waals surface area (Å²) in [5.41, 5.74) is 3.97. The lowest BCUT2D eigenvalue weighted by molar-refractivity contribution is 0.0660. The van der Waals surface area contributed by atoms with Crippen LogP contribution in [0.2, 0.25) is 0 Å². The first kappa shape index (κ1) is 18.6. The number of carbonyl (C=O) groups is 2. The predicted molar refractivity (Wildman–Crippen MR) is 114 cm³/mol. The lowest BCUT2D eigenvalue weighted by atomic mass is 10.1. The van der Waals surface area contributed by atoms with Crippen molar-refractivity contribution in [3.05, 3.63) is 101 Å². The highest BCUT2D eigenvalue weighted by Crippen LogP contribution is 2.23. The fourth-order valence-electron chi connectivity index (χ4n) is 3.37. The van der Waals surface area contributed by atoms with E-state index < -0.39 is 11.8 Å². The Bertz CT molecular complexity index is 1020. The molecule has 0 N–H and O–H groups in total. The number of amides is 2. The quantitative estimate of drug-likeness (QED) is 0.470. The van der Waals surface area contributed by atoms with Crippen LogP contribution in [-0.4, -0.2) is 29.6 Å². The Morgan fingerprint density at radius 2 is 1.41 bits per heavy atom. The van der Waals surface area contributed by atoms with E-state index in [0.717, 1.165) is 29.3 Å². The third kappa shape index (κ3) is 3.80. The first-order valence-electron chi connectivity index (χ1n) is 9.58. The first-order chi connectivity index (χ1) is 14.2. The Morgan fingerprint density at radius 1 is 0.828 bits per heavy atom. The molecule has 5 heteroatoms. The van der Waals surface area contributed by atoms with Crippen molar-refractivity contribution in [1.29, 1.82) is 0 Å². The van der Waals surface area contributed by atoms with E-state index in [-0.39, 0.29) is 0 Å². The standard InChI is InChI=1S/C24H21N3O2/c1-2-26(17-19-8-4-3-5-9-19)20-14-12-18(13-15-20)16-25-27-23(28)21-10-6-7-11-22(21)24(27)29/h3-16H,2,17H2,1H3/b25-16+. The van der Waals surface area contributed by atoms with Gasteiger partial charge in [-0.05, 0) is 42.3 Å². The zero-order valence-electron chi connectivity index (χ0n) is 16.2. The van der Waals surface area contributed by atoms with Gasteiger partial charge < -0.3 is 4.90 Å². The van der Waals surface area contributed by atoms with E-state index in [4.69, 9.17) is 0 Å². The molecular formula is C24H21N3O2. The molecule has 0 saturated carbocycles. The second-order valence-electron chi connectivity index (χ2n) is 6.80. The Balaban J connectivity index is 1.47. The van der Waals surface area contributed by atoms with Crippen LogP contribution in [-0.2, 0) is 6.54 Å². The minimum atomic E-state index is -0.390. The maximum atomic E-state index is 12.4. The van der Waals surface area contributed by atoms with Crippen molar-refractivity contribution in [1.82, 2.24) is 5.01 Å². The Hall–Kier alpha value is -3.73. The molecule has 1 heterocycles. The summed E-state index contributed by atoms with van der Waals surface area (Å²) in [4.78, 5) is 27.0. The van der Waals surface area contributed by atoms with Gasteiger partial charge in [-0.25, -0.2) is 0 Å². The van der Waals surface area contributed by atoms with Gasteiger partial charge in [-0.15, -0.1) is 0 Å². The van der Waals surface area contributed by atoms with Gasteiger partial charge in [0.2, 0.25) is 0 Å². The minimum Gasteiger partial charge on any atom is -0.367 e. The van der Waals surface area contributed by atoms with Gasteiger partial charge in [0.1, 0.15) is 0 Å². The second-order valence-corrected chi connectivity index (χ2v) is 6.80. The van der Waals surface area contributed by atoms with Crippen LogP contribution in [0, 0.1) is 0 Å². The Morgan fingerprint density at radius 3 is 2.00 bits per heavy atom. The van der Waals surface area contributed by atoms with Gasteiger partial charge in [0.15, 0.2) is 0 Å². The molecule has 0 saturated heterocycles. The number of anilines is 1. The monoisotopic (exact) mass is 383 g/mol. The molecule has 4 rings (SSSR count). The normalized spacial score (nSPS) is 13.2. The van der Waals surface area contributed by atoms with Gasteiger partial charge in [0.05, 0.1) is 17.3 Å². The summed E-state index contributed by atoms with van der Waals surface area (Å²) in [7, 11) is 0. The van der Waals surface area contributed by atoms with Crippen LogP contribution in [0.3, 0.4) is 0 Å². The van der Waals surface area contributed by atoms with Gasteiger partial charge in [0.25, 0.3) is 11.8 Å². The number of nitrogens with zero attached hydrogens (tertiary/aromatic N) is 3. The molecule has 3 aromatic carbocycles. The van der Waals surface area contributed by atoms with Gasteiger partial charge in [-0.2, -0.15) is 10.1 Å². The minimum absolute atomic E-state index is 0.390. The number of hydrogen-bond acceptors (Lipinski definition) is 4. The van der Waals surface area contributed by atoms with Crippen LogP contribution in [0.15, 0.2) is 84.0 Å². The summed E-state index contributed by atoms with van der Waals surface area (Å²) in [6.45, 7) is 3.84. The van der Waals surface area contributed by atoms with Crippen LogP contribution in [0.5, 0.6) is 0 Å². The third-order valence-electron chi connectivity index (χ3n) is 4.95. The summed E-state index contributed by atoms with van der Waals surface area (Å²) < 4.78 is 0. The lowest BCUT2D eigenvalue weighted by Gasteiger charge is -2.23. The SMILES string of the molecule is CCN(Cc1ccccc1)c1ccc(/C=N/N2C(=O)c3ccccc3C2=O)cc1. The van der Waals surface area contributed by atoms with Crippen LogP contribution < -0.4 is 4.90 Å². The topological polar surface area (TPSA) is 53.0 Å². The summed E-state index contributed by atoms with van der Waals surface area (Å²) >= 11 is 0. The van der Waals surface area contributed by atoms with Crippen molar-refractivity contribution < 1.29 is 9.59 Å². The van der Waals surface area contributed by atoms with Gasteiger partial charge in [-0.3, -0.25) is 9.59 Å². The third-order valence-corrected chi connectivity index (χ3v) is 4.95. The number of hydrazone groups is 1. The Kier molecular flexibility index (Phi) is 5.20. The van der Waals surface area contributed by atoms with Crippen molar-refractivity contribution in [2.45, 2.75) is 13.5 Å². The number of carbonyl (C=O) groups excluding carboxylic acids is 2. The number of imide groups is 1. The predicted octanol–water partition coefficient (Wildman–Crippen LogP) is 4.34. The van der Waals surface area contributed by atoms with E-state index in [1.807, 2.05) is 42.5 Å². The molecule has 0 aliphatic carbocycles. The zero-order chi connectivity index (χ0) is 20.2. The van der Waals surface area contributed by atoms with Gasteiger partial charge >= 0.3 is 0 Å². The summed E-state index contributed by atoms with van der Waals surface area (Å²) in [6.07, 6.45) is 1.54. The number of benzene rings is 3. The summed E-state index contributed by atoms with van der Waals surface area (Å²) in [5.74, 6) is -0.781. The molecule has 0 unspecified atom stereocenters. The molecule has 0 radical (unpaired) electrons. The molecule has 0 fully saturated rings. The van der Waals surface area contributed by atoms with Crippen LogP contribution in [0.25, 0.3) is 0 Å². The molecule has 0 bridgehead atoms. The van der Waals surface area contributed by atoms with Crippen molar-refractivity contribution in [3.63, 3.8) is 0 Å². The van der Waals surface area contributed by atoms with Crippen LogP contribution in [0.1, 0.15) is 38.8 Å². The average molecular weight is 383 g/mol. The van der Waals surface area contributed by atoms with E-state index in [1.165, 1.54) is 5.56 Å².